The lowest BCUT2D eigenvalue weighted by atomic mass is 9.88. The summed E-state index contributed by atoms with van der Waals surface area (Å²) in [6.07, 6.45) is 1.77. The SMILES string of the molecule is CCC(=NC(=O)C1CCN(Cc2ccccc2)C1)C(C)(C)C. The van der Waals surface area contributed by atoms with Gasteiger partial charge in [-0.3, -0.25) is 9.69 Å². The maximum Gasteiger partial charge on any atom is 0.250 e. The van der Waals surface area contributed by atoms with Crippen molar-refractivity contribution in [3.8, 4) is 0 Å². The molecule has 3 heteroatoms. The van der Waals surface area contributed by atoms with Crippen LogP contribution in [0.2, 0.25) is 0 Å². The van der Waals surface area contributed by atoms with Gasteiger partial charge < -0.3 is 0 Å². The van der Waals surface area contributed by atoms with E-state index in [2.05, 4.69) is 61.9 Å². The Bertz CT molecular complexity index is 528. The van der Waals surface area contributed by atoms with Crippen molar-refractivity contribution >= 4 is 11.6 Å². The Balaban J connectivity index is 1.95. The lowest BCUT2D eigenvalue weighted by Gasteiger charge is -2.20. The minimum atomic E-state index is -0.0211. The van der Waals surface area contributed by atoms with Gasteiger partial charge in [-0.15, -0.1) is 0 Å². The van der Waals surface area contributed by atoms with Crippen molar-refractivity contribution in [2.45, 2.75) is 47.1 Å². The largest absolute Gasteiger partial charge is 0.298 e. The number of nitrogens with zero attached hydrogens (tertiary/aromatic N) is 2. The smallest absolute Gasteiger partial charge is 0.250 e. The van der Waals surface area contributed by atoms with E-state index in [0.29, 0.717) is 0 Å². The topological polar surface area (TPSA) is 32.7 Å². The van der Waals surface area contributed by atoms with Crippen LogP contribution in [0.5, 0.6) is 0 Å². The molecule has 1 saturated heterocycles. The van der Waals surface area contributed by atoms with E-state index in [-0.39, 0.29) is 17.2 Å². The molecule has 1 unspecified atom stereocenters. The highest BCUT2D eigenvalue weighted by Crippen LogP contribution is 2.23. The summed E-state index contributed by atoms with van der Waals surface area (Å²) in [6.45, 7) is 11.2. The zero-order valence-corrected chi connectivity index (χ0v) is 14.3. The molecule has 22 heavy (non-hydrogen) atoms. The quantitative estimate of drug-likeness (QED) is 0.789. The molecule has 0 aromatic heterocycles. The second-order valence-electron chi connectivity index (χ2n) is 7.21. The molecule has 1 aliphatic heterocycles. The normalized spacial score (nSPS) is 20.4. The average Bonchev–Trinajstić information content (AvgIpc) is 2.93. The molecule has 0 saturated carbocycles. The van der Waals surface area contributed by atoms with Crippen molar-refractivity contribution in [1.82, 2.24) is 4.90 Å². The molecule has 0 aliphatic carbocycles. The van der Waals surface area contributed by atoms with E-state index in [1.54, 1.807) is 0 Å². The Morgan fingerprint density at radius 2 is 1.95 bits per heavy atom. The van der Waals surface area contributed by atoms with Gasteiger partial charge in [0.15, 0.2) is 0 Å². The first-order chi connectivity index (χ1) is 10.4. The summed E-state index contributed by atoms with van der Waals surface area (Å²) in [6, 6.07) is 10.4. The summed E-state index contributed by atoms with van der Waals surface area (Å²) in [7, 11) is 0. The van der Waals surface area contributed by atoms with Crippen molar-refractivity contribution in [3.63, 3.8) is 0 Å². The average molecular weight is 300 g/mol. The van der Waals surface area contributed by atoms with Crippen LogP contribution < -0.4 is 0 Å². The zero-order chi connectivity index (χ0) is 16.2. The molecule has 1 amide bonds. The number of carbonyl (C=O) groups excluding carboxylic acids is 1. The van der Waals surface area contributed by atoms with Crippen molar-refractivity contribution < 1.29 is 4.79 Å². The van der Waals surface area contributed by atoms with E-state index in [0.717, 1.165) is 38.2 Å². The second-order valence-corrected chi connectivity index (χ2v) is 7.21. The van der Waals surface area contributed by atoms with Gasteiger partial charge in [0.25, 0.3) is 0 Å². The van der Waals surface area contributed by atoms with Gasteiger partial charge in [-0.05, 0) is 24.9 Å². The highest BCUT2D eigenvalue weighted by Gasteiger charge is 2.29. The Labute approximate surface area is 134 Å². The first-order valence-corrected chi connectivity index (χ1v) is 8.28. The second kappa shape index (κ2) is 7.19. The molecule has 0 spiro atoms. The Morgan fingerprint density at radius 1 is 1.27 bits per heavy atom. The van der Waals surface area contributed by atoms with Crippen LogP contribution in [0.25, 0.3) is 0 Å². The van der Waals surface area contributed by atoms with Gasteiger partial charge >= 0.3 is 0 Å². The van der Waals surface area contributed by atoms with E-state index in [1.165, 1.54) is 5.56 Å². The maximum atomic E-state index is 12.4. The van der Waals surface area contributed by atoms with Crippen LogP contribution in [0.1, 0.15) is 46.1 Å². The molecule has 3 nitrogen and oxygen atoms in total. The summed E-state index contributed by atoms with van der Waals surface area (Å²) in [5, 5.41) is 0. The molecule has 0 N–H and O–H groups in total. The predicted molar refractivity (Wildman–Crippen MR) is 92.0 cm³/mol. The number of carbonyl (C=O) groups is 1. The molecule has 120 valence electrons. The number of likely N-dealkylation sites (tertiary alicyclic amines) is 1. The minimum absolute atomic E-state index is 0.0211. The van der Waals surface area contributed by atoms with Crippen molar-refractivity contribution in [1.29, 1.82) is 0 Å². The fraction of sp³-hybridized carbons (Fsp3) is 0.579. The lowest BCUT2D eigenvalue weighted by molar-refractivity contribution is -0.121. The first-order valence-electron chi connectivity index (χ1n) is 8.28. The van der Waals surface area contributed by atoms with E-state index < -0.39 is 0 Å². The predicted octanol–water partition coefficient (Wildman–Crippen LogP) is 3.93. The Kier molecular flexibility index (Phi) is 5.52. The molecule has 1 aromatic carbocycles. The Morgan fingerprint density at radius 3 is 2.55 bits per heavy atom. The van der Waals surface area contributed by atoms with Gasteiger partial charge in [-0.1, -0.05) is 58.0 Å². The van der Waals surface area contributed by atoms with Crippen LogP contribution in [0.4, 0.5) is 0 Å². The highest BCUT2D eigenvalue weighted by atomic mass is 16.1. The summed E-state index contributed by atoms with van der Waals surface area (Å²) in [5.41, 5.74) is 2.30. The third-order valence-corrected chi connectivity index (χ3v) is 4.32. The van der Waals surface area contributed by atoms with Gasteiger partial charge in [0, 0.05) is 24.2 Å². The lowest BCUT2D eigenvalue weighted by Crippen LogP contribution is -2.25. The van der Waals surface area contributed by atoms with Crippen LogP contribution >= 0.6 is 0 Å². The third-order valence-electron chi connectivity index (χ3n) is 4.32. The molecule has 0 radical (unpaired) electrons. The summed E-state index contributed by atoms with van der Waals surface area (Å²) in [5.74, 6) is 0.134. The van der Waals surface area contributed by atoms with Crippen LogP contribution in [0.3, 0.4) is 0 Å². The molecular weight excluding hydrogens is 272 g/mol. The number of hydrogen-bond acceptors (Lipinski definition) is 2. The number of aliphatic imine (C=N–C) groups is 1. The van der Waals surface area contributed by atoms with Crippen LogP contribution in [-0.2, 0) is 11.3 Å². The number of rotatable bonds is 4. The molecule has 1 aromatic rings. The fourth-order valence-corrected chi connectivity index (χ4v) is 3.02. The van der Waals surface area contributed by atoms with Gasteiger partial charge in [0.05, 0.1) is 5.92 Å². The van der Waals surface area contributed by atoms with E-state index >= 15 is 0 Å². The zero-order valence-electron chi connectivity index (χ0n) is 14.3. The van der Waals surface area contributed by atoms with Crippen molar-refractivity contribution in [3.05, 3.63) is 35.9 Å². The molecule has 1 heterocycles. The molecule has 2 rings (SSSR count). The standard InChI is InChI=1S/C19H28N2O/c1-5-17(19(2,3)4)20-18(22)16-11-12-21(14-16)13-15-9-7-6-8-10-15/h6-10,16H,5,11-14H2,1-4H3. The van der Waals surface area contributed by atoms with Gasteiger partial charge in [-0.2, -0.15) is 0 Å². The summed E-state index contributed by atoms with van der Waals surface area (Å²) < 4.78 is 0. The monoisotopic (exact) mass is 300 g/mol. The molecule has 1 atom stereocenters. The van der Waals surface area contributed by atoms with E-state index in [1.807, 2.05) is 6.07 Å². The van der Waals surface area contributed by atoms with Gasteiger partial charge in [0.1, 0.15) is 0 Å². The first kappa shape index (κ1) is 16.9. The van der Waals surface area contributed by atoms with Crippen molar-refractivity contribution in [2.75, 3.05) is 13.1 Å². The van der Waals surface area contributed by atoms with E-state index in [4.69, 9.17) is 0 Å². The van der Waals surface area contributed by atoms with Gasteiger partial charge in [0.2, 0.25) is 5.91 Å². The summed E-state index contributed by atoms with van der Waals surface area (Å²) in [4.78, 5) is 19.2. The number of amides is 1. The van der Waals surface area contributed by atoms with Gasteiger partial charge in [-0.25, -0.2) is 4.99 Å². The Hall–Kier alpha value is -1.48. The fourth-order valence-electron chi connectivity index (χ4n) is 3.02. The van der Waals surface area contributed by atoms with Crippen molar-refractivity contribution in [2.24, 2.45) is 16.3 Å². The number of benzene rings is 1. The van der Waals surface area contributed by atoms with E-state index in [9.17, 15) is 4.79 Å². The number of hydrogen-bond donors (Lipinski definition) is 0. The minimum Gasteiger partial charge on any atom is -0.298 e. The molecule has 1 aliphatic rings. The van der Waals surface area contributed by atoms with Crippen LogP contribution in [-0.4, -0.2) is 29.6 Å². The molecular formula is C19H28N2O. The van der Waals surface area contributed by atoms with Crippen LogP contribution in [0, 0.1) is 11.3 Å². The molecule has 0 bridgehead atoms. The van der Waals surface area contributed by atoms with Crippen LogP contribution in [0.15, 0.2) is 35.3 Å². The molecule has 1 fully saturated rings. The maximum absolute atomic E-state index is 12.4. The highest BCUT2D eigenvalue weighted by molar-refractivity contribution is 5.99. The summed E-state index contributed by atoms with van der Waals surface area (Å²) >= 11 is 0. The third kappa shape index (κ3) is 4.51.